The molecule has 0 saturated carbocycles. The molecule has 0 N–H and O–H groups in total. The summed E-state index contributed by atoms with van der Waals surface area (Å²) in [5, 5.41) is 10.6. The maximum Gasteiger partial charge on any atom is 0.160 e. The molecule has 0 amide bonds. The molecule has 0 atom stereocenters. The van der Waals surface area contributed by atoms with Gasteiger partial charge in [0, 0.05) is 33.0 Å². The molecule has 3 aromatic heterocycles. The summed E-state index contributed by atoms with van der Waals surface area (Å²) in [6, 6.07) is 70.2. The summed E-state index contributed by atoms with van der Waals surface area (Å²) in [6.45, 7) is 0. The van der Waals surface area contributed by atoms with Gasteiger partial charge in [0.15, 0.2) is 5.82 Å². The van der Waals surface area contributed by atoms with Crippen LogP contribution in [0.1, 0.15) is 0 Å². The van der Waals surface area contributed by atoms with E-state index >= 15 is 0 Å². The van der Waals surface area contributed by atoms with Crippen LogP contribution in [0.15, 0.2) is 205 Å². The van der Waals surface area contributed by atoms with Gasteiger partial charge in [0.2, 0.25) is 0 Å². The van der Waals surface area contributed by atoms with Gasteiger partial charge in [-0.2, -0.15) is 0 Å². The Morgan fingerprint density at radius 2 is 0.797 bits per heavy atom. The molecule has 0 saturated heterocycles. The van der Waals surface area contributed by atoms with Crippen molar-refractivity contribution < 1.29 is 4.42 Å². The Morgan fingerprint density at radius 1 is 0.305 bits per heavy atom. The number of hydrogen-bond acceptors (Lipinski definition) is 4. The van der Waals surface area contributed by atoms with E-state index in [1.54, 1.807) is 0 Å². The van der Waals surface area contributed by atoms with E-state index in [-0.39, 0.29) is 0 Å². The van der Waals surface area contributed by atoms with E-state index in [4.69, 9.17) is 19.4 Å². The molecular formula is C55H33N3O. The van der Waals surface area contributed by atoms with E-state index in [0.717, 1.165) is 77.7 Å². The van der Waals surface area contributed by atoms with Crippen LogP contribution in [0.2, 0.25) is 0 Å². The smallest absolute Gasteiger partial charge is 0.160 e. The molecule has 4 heteroatoms. The summed E-state index contributed by atoms with van der Waals surface area (Å²) in [7, 11) is 0. The number of rotatable bonds is 5. The van der Waals surface area contributed by atoms with Crippen molar-refractivity contribution in [2.45, 2.75) is 0 Å². The fourth-order valence-corrected chi connectivity index (χ4v) is 8.81. The number of para-hydroxylation sites is 1. The van der Waals surface area contributed by atoms with Gasteiger partial charge in [-0.3, -0.25) is 0 Å². The van der Waals surface area contributed by atoms with E-state index in [0.29, 0.717) is 5.82 Å². The Bertz CT molecular complexity index is 3500. The number of pyridine rings is 1. The lowest BCUT2D eigenvalue weighted by Gasteiger charge is -2.13. The molecule has 0 aliphatic rings. The SMILES string of the molecule is c1ccc(-c2cc(-c3ccccc3)nc(-c3ccc4c(c3)nc(-c3ccc(-c5ccc6c7ccccc7c7ccccc7c6c5)cc3)c3c5ccccc5oc43)n2)cc1. The van der Waals surface area contributed by atoms with E-state index < -0.39 is 0 Å². The zero-order valence-corrected chi connectivity index (χ0v) is 31.8. The summed E-state index contributed by atoms with van der Waals surface area (Å²) < 4.78 is 6.66. The quantitative estimate of drug-likeness (QED) is 0.164. The highest BCUT2D eigenvalue weighted by molar-refractivity contribution is 6.26. The minimum atomic E-state index is 0.640. The Kier molecular flexibility index (Phi) is 7.50. The Balaban J connectivity index is 1.01. The Labute approximate surface area is 339 Å². The highest BCUT2D eigenvalue weighted by Gasteiger charge is 2.20. The summed E-state index contributed by atoms with van der Waals surface area (Å²) in [5.74, 6) is 0.640. The molecular weight excluding hydrogens is 719 g/mol. The number of benzene rings is 9. The average molecular weight is 752 g/mol. The van der Waals surface area contributed by atoms with Crippen LogP contribution >= 0.6 is 0 Å². The van der Waals surface area contributed by atoms with Gasteiger partial charge in [-0.05, 0) is 73.8 Å². The fraction of sp³-hybridized carbons (Fsp3) is 0. The van der Waals surface area contributed by atoms with E-state index in [2.05, 4.69) is 152 Å². The third-order valence-electron chi connectivity index (χ3n) is 11.7. The molecule has 59 heavy (non-hydrogen) atoms. The van der Waals surface area contributed by atoms with Crippen molar-refractivity contribution in [3.05, 3.63) is 200 Å². The summed E-state index contributed by atoms with van der Waals surface area (Å²) in [5.41, 5.74) is 11.4. The van der Waals surface area contributed by atoms with Gasteiger partial charge in [0.05, 0.1) is 28.0 Å². The lowest BCUT2D eigenvalue weighted by atomic mass is 9.92. The Morgan fingerprint density at radius 3 is 1.44 bits per heavy atom. The van der Waals surface area contributed by atoms with Crippen molar-refractivity contribution in [3.63, 3.8) is 0 Å². The molecule has 0 aliphatic heterocycles. The predicted molar refractivity (Wildman–Crippen MR) is 244 cm³/mol. The zero-order chi connectivity index (χ0) is 38.9. The van der Waals surface area contributed by atoms with Gasteiger partial charge in [-0.1, -0.05) is 170 Å². The van der Waals surface area contributed by atoms with Gasteiger partial charge in [0.25, 0.3) is 0 Å². The highest BCUT2D eigenvalue weighted by Crippen LogP contribution is 2.42. The second kappa shape index (κ2) is 13.3. The van der Waals surface area contributed by atoms with Crippen LogP contribution in [-0.2, 0) is 0 Å². The monoisotopic (exact) mass is 751 g/mol. The molecule has 12 rings (SSSR count). The van der Waals surface area contributed by atoms with Crippen molar-refractivity contribution in [1.82, 2.24) is 15.0 Å². The average Bonchev–Trinajstić information content (AvgIpc) is 3.72. The summed E-state index contributed by atoms with van der Waals surface area (Å²) in [6.07, 6.45) is 0. The van der Waals surface area contributed by atoms with Crippen LogP contribution in [0, 0.1) is 0 Å². The number of nitrogens with zero attached hydrogens (tertiary/aromatic N) is 3. The first-order valence-corrected chi connectivity index (χ1v) is 19.9. The van der Waals surface area contributed by atoms with Gasteiger partial charge in [0.1, 0.15) is 11.2 Å². The molecule has 9 aromatic carbocycles. The summed E-state index contributed by atoms with van der Waals surface area (Å²) >= 11 is 0. The highest BCUT2D eigenvalue weighted by atomic mass is 16.3. The first-order chi connectivity index (χ1) is 29.2. The van der Waals surface area contributed by atoms with E-state index in [1.165, 1.54) is 37.9 Å². The first kappa shape index (κ1) is 33.2. The minimum Gasteiger partial charge on any atom is -0.455 e. The molecule has 12 aromatic rings. The van der Waals surface area contributed by atoms with Crippen molar-refractivity contribution in [2.24, 2.45) is 0 Å². The van der Waals surface area contributed by atoms with Gasteiger partial charge in [-0.15, -0.1) is 0 Å². The molecule has 0 radical (unpaired) electrons. The number of furan rings is 1. The number of hydrogen-bond donors (Lipinski definition) is 0. The van der Waals surface area contributed by atoms with E-state index in [1.807, 2.05) is 48.5 Å². The maximum absolute atomic E-state index is 6.66. The van der Waals surface area contributed by atoms with Crippen LogP contribution in [0.3, 0.4) is 0 Å². The first-order valence-electron chi connectivity index (χ1n) is 19.9. The van der Waals surface area contributed by atoms with Crippen LogP contribution in [0.4, 0.5) is 0 Å². The molecule has 3 heterocycles. The second-order valence-corrected chi connectivity index (χ2v) is 15.1. The zero-order valence-electron chi connectivity index (χ0n) is 31.8. The van der Waals surface area contributed by atoms with Crippen molar-refractivity contribution >= 4 is 65.2 Å². The second-order valence-electron chi connectivity index (χ2n) is 15.1. The van der Waals surface area contributed by atoms with Crippen LogP contribution in [0.5, 0.6) is 0 Å². The lowest BCUT2D eigenvalue weighted by molar-refractivity contribution is 0.672. The van der Waals surface area contributed by atoms with Crippen LogP contribution in [0.25, 0.3) is 121 Å². The molecule has 274 valence electrons. The van der Waals surface area contributed by atoms with Crippen molar-refractivity contribution in [1.29, 1.82) is 0 Å². The van der Waals surface area contributed by atoms with Gasteiger partial charge in [-0.25, -0.2) is 15.0 Å². The third-order valence-corrected chi connectivity index (χ3v) is 11.7. The molecule has 0 fully saturated rings. The van der Waals surface area contributed by atoms with Crippen LogP contribution in [-0.4, -0.2) is 15.0 Å². The lowest BCUT2D eigenvalue weighted by Crippen LogP contribution is -1.96. The van der Waals surface area contributed by atoms with E-state index in [9.17, 15) is 0 Å². The number of fused-ring (bicyclic) bond motifs is 11. The Hall–Kier alpha value is -7.95. The largest absolute Gasteiger partial charge is 0.455 e. The van der Waals surface area contributed by atoms with Crippen molar-refractivity contribution in [3.8, 4) is 56.3 Å². The standard InChI is InChI=1S/C55H33N3O/c1-3-13-35(14-4-1)48-33-49(36-15-5-2-6-16-36)58-55(57-48)39-28-30-45-50(32-39)56-53(52-46-21-11-12-22-51(46)59-54(45)52)37-25-23-34(24-26-37)38-27-29-44-42-19-8-7-17-40(42)41-18-9-10-20-43(41)47(44)31-38/h1-33H. The summed E-state index contributed by atoms with van der Waals surface area (Å²) in [4.78, 5) is 15.7. The molecule has 0 bridgehead atoms. The normalized spacial score (nSPS) is 11.7. The molecule has 0 spiro atoms. The van der Waals surface area contributed by atoms with Gasteiger partial charge < -0.3 is 4.42 Å². The van der Waals surface area contributed by atoms with Gasteiger partial charge >= 0.3 is 0 Å². The topological polar surface area (TPSA) is 51.8 Å². The maximum atomic E-state index is 6.66. The predicted octanol–water partition coefficient (Wildman–Crippen LogP) is 14.7. The minimum absolute atomic E-state index is 0.640. The molecule has 4 nitrogen and oxygen atoms in total. The van der Waals surface area contributed by atoms with Crippen LogP contribution < -0.4 is 0 Å². The fourth-order valence-electron chi connectivity index (χ4n) is 8.81. The third kappa shape index (κ3) is 5.49. The molecule has 0 unspecified atom stereocenters. The molecule has 0 aliphatic carbocycles. The number of aromatic nitrogens is 3. The van der Waals surface area contributed by atoms with Crippen molar-refractivity contribution in [2.75, 3.05) is 0 Å².